The summed E-state index contributed by atoms with van der Waals surface area (Å²) < 4.78 is 0. The molecule has 0 aliphatic heterocycles. The lowest BCUT2D eigenvalue weighted by molar-refractivity contribution is 0.554. The van der Waals surface area contributed by atoms with Crippen LogP contribution in [-0.2, 0) is 0 Å². The van der Waals surface area contributed by atoms with Crippen LogP contribution in [0.3, 0.4) is 0 Å². The summed E-state index contributed by atoms with van der Waals surface area (Å²) in [5.41, 5.74) is 4.12. The van der Waals surface area contributed by atoms with Gasteiger partial charge in [0.25, 0.3) is 0 Å². The van der Waals surface area contributed by atoms with Gasteiger partial charge in [-0.25, -0.2) is 0 Å². The van der Waals surface area contributed by atoms with Crippen LogP contribution in [0, 0.1) is 13.8 Å². The molecule has 0 amide bonds. The summed E-state index contributed by atoms with van der Waals surface area (Å²) in [6.45, 7) is 9.90. The lowest BCUT2D eigenvalue weighted by Gasteiger charge is -2.15. The normalized spacial score (nSPS) is 12.8. The Labute approximate surface area is 93.9 Å². The molecule has 0 radical (unpaired) electrons. The highest BCUT2D eigenvalue weighted by Crippen LogP contribution is 2.16. The van der Waals surface area contributed by atoms with Crippen molar-refractivity contribution in [3.63, 3.8) is 0 Å². The predicted molar refractivity (Wildman–Crippen MR) is 67.2 cm³/mol. The molecule has 0 saturated heterocycles. The molecule has 0 fully saturated rings. The Balaban J connectivity index is 2.60. The molecule has 1 rings (SSSR count). The van der Waals surface area contributed by atoms with E-state index in [1.807, 2.05) is 0 Å². The summed E-state index contributed by atoms with van der Waals surface area (Å²) in [5.74, 6) is 0. The van der Waals surface area contributed by atoms with E-state index in [4.69, 9.17) is 0 Å². The van der Waals surface area contributed by atoms with Crippen molar-refractivity contribution in [3.05, 3.63) is 34.9 Å². The number of rotatable bonds is 5. The molecule has 1 atom stereocenters. The summed E-state index contributed by atoms with van der Waals surface area (Å²) in [7, 11) is 0. The molecule has 1 aromatic rings. The summed E-state index contributed by atoms with van der Waals surface area (Å²) in [5, 5.41) is 3.55. The van der Waals surface area contributed by atoms with Crippen LogP contribution in [0.5, 0.6) is 0 Å². The fourth-order valence-corrected chi connectivity index (χ4v) is 1.87. The molecule has 1 N–H and O–H groups in total. The van der Waals surface area contributed by atoms with Crippen LogP contribution in [0.4, 0.5) is 0 Å². The zero-order valence-electron chi connectivity index (χ0n) is 10.4. The Kier molecular flexibility index (Phi) is 4.83. The minimum absolute atomic E-state index is 0.468. The Hall–Kier alpha value is -0.820. The zero-order valence-corrected chi connectivity index (χ0v) is 10.4. The molecule has 0 spiro atoms. The van der Waals surface area contributed by atoms with Crippen LogP contribution in [0.1, 0.15) is 49.4 Å². The number of hydrogen-bond donors (Lipinski definition) is 1. The molecule has 84 valence electrons. The van der Waals surface area contributed by atoms with Crippen molar-refractivity contribution in [2.75, 3.05) is 6.54 Å². The Morgan fingerprint density at radius 2 is 1.73 bits per heavy atom. The average Bonchev–Trinajstić information content (AvgIpc) is 2.16. The van der Waals surface area contributed by atoms with Gasteiger partial charge in [-0.1, -0.05) is 42.7 Å². The smallest absolute Gasteiger partial charge is 0.0291 e. The fraction of sp³-hybridized carbons (Fsp3) is 0.571. The predicted octanol–water partition coefficient (Wildman–Crippen LogP) is 3.75. The van der Waals surface area contributed by atoms with E-state index >= 15 is 0 Å². The van der Waals surface area contributed by atoms with Gasteiger partial charge in [-0.2, -0.15) is 0 Å². The zero-order chi connectivity index (χ0) is 11.3. The molecule has 0 aliphatic rings. The SMILES string of the molecule is CCCCN[C@@H](C)c1cc(C)cc(C)c1. The van der Waals surface area contributed by atoms with E-state index in [9.17, 15) is 0 Å². The molecule has 0 aliphatic carbocycles. The van der Waals surface area contributed by atoms with Gasteiger partial charge in [0.1, 0.15) is 0 Å². The molecule has 0 aromatic heterocycles. The lowest BCUT2D eigenvalue weighted by Crippen LogP contribution is -2.19. The van der Waals surface area contributed by atoms with E-state index in [0.29, 0.717) is 6.04 Å². The first kappa shape index (κ1) is 12.3. The molecule has 1 aromatic carbocycles. The fourth-order valence-electron chi connectivity index (χ4n) is 1.87. The third-order valence-electron chi connectivity index (χ3n) is 2.72. The molecule has 0 saturated carbocycles. The van der Waals surface area contributed by atoms with Gasteiger partial charge in [-0.05, 0) is 39.3 Å². The molecular weight excluding hydrogens is 182 g/mol. The van der Waals surface area contributed by atoms with Gasteiger partial charge in [0, 0.05) is 6.04 Å². The topological polar surface area (TPSA) is 12.0 Å². The number of benzene rings is 1. The van der Waals surface area contributed by atoms with Gasteiger partial charge in [0.2, 0.25) is 0 Å². The van der Waals surface area contributed by atoms with Crippen molar-refractivity contribution in [1.29, 1.82) is 0 Å². The summed E-state index contributed by atoms with van der Waals surface area (Å²) in [6, 6.07) is 7.24. The van der Waals surface area contributed by atoms with Crippen LogP contribution in [-0.4, -0.2) is 6.54 Å². The van der Waals surface area contributed by atoms with E-state index in [0.717, 1.165) is 6.54 Å². The molecule has 15 heavy (non-hydrogen) atoms. The Morgan fingerprint density at radius 1 is 1.13 bits per heavy atom. The van der Waals surface area contributed by atoms with E-state index in [1.165, 1.54) is 29.5 Å². The Morgan fingerprint density at radius 3 is 2.27 bits per heavy atom. The molecular formula is C14H23N. The van der Waals surface area contributed by atoms with Crippen molar-refractivity contribution >= 4 is 0 Å². The van der Waals surface area contributed by atoms with Gasteiger partial charge < -0.3 is 5.32 Å². The number of unbranched alkanes of at least 4 members (excludes halogenated alkanes) is 1. The second-order valence-electron chi connectivity index (χ2n) is 4.45. The average molecular weight is 205 g/mol. The quantitative estimate of drug-likeness (QED) is 0.722. The lowest BCUT2D eigenvalue weighted by atomic mass is 10.0. The van der Waals surface area contributed by atoms with Crippen molar-refractivity contribution in [2.24, 2.45) is 0 Å². The van der Waals surface area contributed by atoms with Gasteiger partial charge >= 0.3 is 0 Å². The van der Waals surface area contributed by atoms with Crippen molar-refractivity contribution in [1.82, 2.24) is 5.32 Å². The minimum Gasteiger partial charge on any atom is -0.310 e. The van der Waals surface area contributed by atoms with E-state index in [1.54, 1.807) is 0 Å². The summed E-state index contributed by atoms with van der Waals surface area (Å²) >= 11 is 0. The Bertz CT molecular complexity index is 284. The third-order valence-corrected chi connectivity index (χ3v) is 2.72. The van der Waals surface area contributed by atoms with Crippen LogP contribution in [0.2, 0.25) is 0 Å². The largest absolute Gasteiger partial charge is 0.310 e. The van der Waals surface area contributed by atoms with Crippen LogP contribution in [0.25, 0.3) is 0 Å². The van der Waals surface area contributed by atoms with E-state index < -0.39 is 0 Å². The number of hydrogen-bond acceptors (Lipinski definition) is 1. The van der Waals surface area contributed by atoms with Gasteiger partial charge in [-0.3, -0.25) is 0 Å². The molecule has 0 unspecified atom stereocenters. The second kappa shape index (κ2) is 5.92. The number of aryl methyl sites for hydroxylation is 2. The van der Waals surface area contributed by atoms with E-state index in [-0.39, 0.29) is 0 Å². The van der Waals surface area contributed by atoms with Crippen LogP contribution < -0.4 is 5.32 Å². The van der Waals surface area contributed by atoms with Gasteiger partial charge in [0.05, 0.1) is 0 Å². The van der Waals surface area contributed by atoms with Crippen molar-refractivity contribution in [3.8, 4) is 0 Å². The highest BCUT2D eigenvalue weighted by Gasteiger charge is 2.04. The maximum Gasteiger partial charge on any atom is 0.0291 e. The first-order valence-corrected chi connectivity index (χ1v) is 5.95. The van der Waals surface area contributed by atoms with Crippen LogP contribution in [0.15, 0.2) is 18.2 Å². The maximum absolute atomic E-state index is 3.55. The summed E-state index contributed by atoms with van der Waals surface area (Å²) in [6.07, 6.45) is 2.52. The highest BCUT2D eigenvalue weighted by atomic mass is 14.9. The number of nitrogens with one attached hydrogen (secondary N) is 1. The molecule has 0 heterocycles. The monoisotopic (exact) mass is 205 g/mol. The minimum atomic E-state index is 0.468. The summed E-state index contributed by atoms with van der Waals surface area (Å²) in [4.78, 5) is 0. The van der Waals surface area contributed by atoms with Crippen LogP contribution >= 0.6 is 0 Å². The first-order chi connectivity index (χ1) is 7.13. The third kappa shape index (κ3) is 4.05. The molecule has 1 nitrogen and oxygen atoms in total. The maximum atomic E-state index is 3.55. The highest BCUT2D eigenvalue weighted by molar-refractivity contribution is 5.30. The van der Waals surface area contributed by atoms with Crippen molar-refractivity contribution < 1.29 is 0 Å². The first-order valence-electron chi connectivity index (χ1n) is 5.95. The van der Waals surface area contributed by atoms with Gasteiger partial charge in [0.15, 0.2) is 0 Å². The van der Waals surface area contributed by atoms with Crippen molar-refractivity contribution in [2.45, 2.75) is 46.6 Å². The van der Waals surface area contributed by atoms with Gasteiger partial charge in [-0.15, -0.1) is 0 Å². The molecule has 0 bridgehead atoms. The molecule has 1 heteroatoms. The standard InChI is InChI=1S/C14H23N/c1-5-6-7-15-13(4)14-9-11(2)8-12(3)10-14/h8-10,13,15H,5-7H2,1-4H3/t13-/m0/s1. The second-order valence-corrected chi connectivity index (χ2v) is 4.45. The van der Waals surface area contributed by atoms with E-state index in [2.05, 4.69) is 51.2 Å².